The quantitative estimate of drug-likeness (QED) is 0.779. The second kappa shape index (κ2) is 6.78. The number of nitrogens with one attached hydrogen (secondary N) is 1. The monoisotopic (exact) mass is 407 g/mol. The highest BCUT2D eigenvalue weighted by atomic mass is 79.9. The van der Waals surface area contributed by atoms with Crippen LogP contribution < -0.4 is 5.32 Å². The number of nitrogens with zero attached hydrogens (tertiary/aromatic N) is 2. The first-order chi connectivity index (χ1) is 11.9. The first-order valence-electron chi connectivity index (χ1n) is 8.50. The fraction of sp³-hybridized carbons (Fsp3) is 0.500. The third kappa shape index (κ3) is 3.17. The van der Waals surface area contributed by atoms with E-state index < -0.39 is 17.6 Å². The molecular formula is C18H22BrN3O3. The summed E-state index contributed by atoms with van der Waals surface area (Å²) in [6, 6.07) is 6.38. The van der Waals surface area contributed by atoms with Gasteiger partial charge in [0.05, 0.1) is 0 Å². The summed E-state index contributed by atoms with van der Waals surface area (Å²) >= 11 is 3.47. The second-order valence-corrected chi connectivity index (χ2v) is 7.71. The summed E-state index contributed by atoms with van der Waals surface area (Å²) in [6.07, 6.45) is 3.15. The molecule has 1 spiro atoms. The van der Waals surface area contributed by atoms with Gasteiger partial charge in [-0.05, 0) is 31.4 Å². The Labute approximate surface area is 155 Å². The number of urea groups is 1. The highest BCUT2D eigenvalue weighted by molar-refractivity contribution is 9.10. The van der Waals surface area contributed by atoms with Crippen molar-refractivity contribution in [3.05, 3.63) is 34.3 Å². The van der Waals surface area contributed by atoms with Gasteiger partial charge in [-0.25, -0.2) is 9.69 Å². The molecule has 3 rings (SSSR count). The molecule has 25 heavy (non-hydrogen) atoms. The summed E-state index contributed by atoms with van der Waals surface area (Å²) in [4.78, 5) is 40.6. The number of halogens is 1. The third-order valence-electron chi connectivity index (χ3n) is 5.14. The summed E-state index contributed by atoms with van der Waals surface area (Å²) in [5.74, 6) is -0.514. The SMILES string of the molecule is CC(C(=O)N(C)Cc1ccccc1Br)N1C(=O)NC2(CCCC2)C1=O. The molecule has 7 heteroatoms. The van der Waals surface area contributed by atoms with Crippen LogP contribution in [0.25, 0.3) is 0 Å². The molecule has 1 saturated carbocycles. The van der Waals surface area contributed by atoms with Crippen LogP contribution in [0.15, 0.2) is 28.7 Å². The standard InChI is InChI=1S/C18H22BrN3O3/c1-12(15(23)21(2)11-13-7-3-4-8-14(13)19)22-16(24)18(20-17(22)25)9-5-6-10-18/h3-4,7-8,12H,5-6,9-11H2,1-2H3,(H,20,25). The molecule has 1 N–H and O–H groups in total. The van der Waals surface area contributed by atoms with Crippen molar-refractivity contribution in [2.45, 2.75) is 50.7 Å². The molecule has 1 atom stereocenters. The summed E-state index contributed by atoms with van der Waals surface area (Å²) in [5, 5.41) is 2.82. The Bertz CT molecular complexity index is 715. The van der Waals surface area contributed by atoms with E-state index in [0.29, 0.717) is 19.4 Å². The van der Waals surface area contributed by atoms with Crippen LogP contribution in [0.4, 0.5) is 4.79 Å². The van der Waals surface area contributed by atoms with Crippen LogP contribution in [-0.4, -0.2) is 46.3 Å². The molecular weight excluding hydrogens is 386 g/mol. The first-order valence-corrected chi connectivity index (χ1v) is 9.29. The van der Waals surface area contributed by atoms with Gasteiger partial charge in [-0.1, -0.05) is 47.0 Å². The first kappa shape index (κ1) is 17.9. The number of benzene rings is 1. The average Bonchev–Trinajstić information content (AvgIpc) is 3.14. The lowest BCUT2D eigenvalue weighted by molar-refractivity contribution is -0.142. The zero-order valence-corrected chi connectivity index (χ0v) is 16.0. The molecule has 134 valence electrons. The van der Waals surface area contributed by atoms with Gasteiger partial charge in [0.2, 0.25) is 5.91 Å². The lowest BCUT2D eigenvalue weighted by Gasteiger charge is -2.27. The molecule has 1 aliphatic heterocycles. The molecule has 4 amide bonds. The van der Waals surface area contributed by atoms with Crippen LogP contribution in [0.5, 0.6) is 0 Å². The Kier molecular flexibility index (Phi) is 4.86. The number of hydrogen-bond donors (Lipinski definition) is 1. The van der Waals surface area contributed by atoms with Gasteiger partial charge in [-0.2, -0.15) is 0 Å². The van der Waals surface area contributed by atoms with Crippen LogP contribution in [-0.2, 0) is 16.1 Å². The molecule has 0 radical (unpaired) electrons. The van der Waals surface area contributed by atoms with E-state index in [9.17, 15) is 14.4 Å². The topological polar surface area (TPSA) is 69.7 Å². The molecule has 1 heterocycles. The number of imide groups is 1. The van der Waals surface area contributed by atoms with Gasteiger partial charge in [0.15, 0.2) is 0 Å². The number of rotatable bonds is 4. The highest BCUT2D eigenvalue weighted by Gasteiger charge is 2.54. The Morgan fingerprint density at radius 1 is 1.32 bits per heavy atom. The third-order valence-corrected chi connectivity index (χ3v) is 5.91. The highest BCUT2D eigenvalue weighted by Crippen LogP contribution is 2.36. The van der Waals surface area contributed by atoms with Crippen molar-refractivity contribution in [1.82, 2.24) is 15.1 Å². The zero-order valence-electron chi connectivity index (χ0n) is 14.4. The van der Waals surface area contributed by atoms with Crippen LogP contribution >= 0.6 is 15.9 Å². The maximum Gasteiger partial charge on any atom is 0.325 e. The summed E-state index contributed by atoms with van der Waals surface area (Å²) in [7, 11) is 1.68. The van der Waals surface area contributed by atoms with Crippen molar-refractivity contribution in [1.29, 1.82) is 0 Å². The molecule has 1 unspecified atom stereocenters. The van der Waals surface area contributed by atoms with Gasteiger partial charge in [0.25, 0.3) is 5.91 Å². The van der Waals surface area contributed by atoms with E-state index in [4.69, 9.17) is 0 Å². The van der Waals surface area contributed by atoms with Crippen molar-refractivity contribution < 1.29 is 14.4 Å². The van der Waals surface area contributed by atoms with Crippen molar-refractivity contribution in [2.75, 3.05) is 7.05 Å². The lowest BCUT2D eigenvalue weighted by Crippen LogP contribution is -2.50. The predicted octanol–water partition coefficient (Wildman–Crippen LogP) is 2.66. The van der Waals surface area contributed by atoms with E-state index in [2.05, 4.69) is 21.2 Å². The molecule has 0 aromatic heterocycles. The molecule has 6 nitrogen and oxygen atoms in total. The van der Waals surface area contributed by atoms with E-state index >= 15 is 0 Å². The minimum atomic E-state index is -0.819. The van der Waals surface area contributed by atoms with E-state index in [1.807, 2.05) is 24.3 Å². The predicted molar refractivity (Wildman–Crippen MR) is 96.7 cm³/mol. The van der Waals surface area contributed by atoms with E-state index in [1.165, 1.54) is 0 Å². The number of hydrogen-bond acceptors (Lipinski definition) is 3. The normalized spacial score (nSPS) is 20.0. The number of amides is 4. The van der Waals surface area contributed by atoms with Gasteiger partial charge in [-0.3, -0.25) is 9.59 Å². The van der Waals surface area contributed by atoms with E-state index in [0.717, 1.165) is 27.8 Å². The smallest absolute Gasteiger partial charge is 0.325 e. The van der Waals surface area contributed by atoms with Gasteiger partial charge >= 0.3 is 6.03 Å². The minimum absolute atomic E-state index is 0.255. The van der Waals surface area contributed by atoms with Crippen molar-refractivity contribution in [3.8, 4) is 0 Å². The van der Waals surface area contributed by atoms with E-state index in [-0.39, 0.29) is 11.8 Å². The number of likely N-dealkylation sites (N-methyl/N-ethyl adjacent to an activating group) is 1. The number of carbonyl (C=O) groups is 3. The molecule has 1 aliphatic carbocycles. The van der Waals surface area contributed by atoms with Crippen molar-refractivity contribution in [2.24, 2.45) is 0 Å². The van der Waals surface area contributed by atoms with Crippen molar-refractivity contribution in [3.63, 3.8) is 0 Å². The van der Waals surface area contributed by atoms with Gasteiger partial charge < -0.3 is 10.2 Å². The number of carbonyl (C=O) groups excluding carboxylic acids is 3. The minimum Gasteiger partial charge on any atom is -0.340 e. The van der Waals surface area contributed by atoms with Gasteiger partial charge in [-0.15, -0.1) is 0 Å². The molecule has 2 aliphatic rings. The Balaban J connectivity index is 1.72. The lowest BCUT2D eigenvalue weighted by atomic mass is 9.97. The summed E-state index contributed by atoms with van der Waals surface area (Å²) in [5.41, 5.74) is 0.183. The van der Waals surface area contributed by atoms with E-state index in [1.54, 1.807) is 18.9 Å². The molecule has 2 fully saturated rings. The Morgan fingerprint density at radius 3 is 2.60 bits per heavy atom. The van der Waals surface area contributed by atoms with Crippen LogP contribution in [0.1, 0.15) is 38.2 Å². The van der Waals surface area contributed by atoms with Crippen LogP contribution in [0.2, 0.25) is 0 Å². The second-order valence-electron chi connectivity index (χ2n) is 6.86. The largest absolute Gasteiger partial charge is 0.340 e. The fourth-order valence-corrected chi connectivity index (χ4v) is 4.11. The maximum absolute atomic E-state index is 12.8. The van der Waals surface area contributed by atoms with Gasteiger partial charge in [0, 0.05) is 18.1 Å². The van der Waals surface area contributed by atoms with Crippen LogP contribution in [0, 0.1) is 0 Å². The molecule has 1 aromatic rings. The summed E-state index contributed by atoms with van der Waals surface area (Å²) < 4.78 is 0.919. The fourth-order valence-electron chi connectivity index (χ4n) is 3.70. The maximum atomic E-state index is 12.8. The Morgan fingerprint density at radius 2 is 1.96 bits per heavy atom. The van der Waals surface area contributed by atoms with Gasteiger partial charge in [0.1, 0.15) is 11.6 Å². The van der Waals surface area contributed by atoms with Crippen LogP contribution in [0.3, 0.4) is 0 Å². The summed E-state index contributed by atoms with van der Waals surface area (Å²) in [6.45, 7) is 2.02. The van der Waals surface area contributed by atoms with Crippen molar-refractivity contribution >= 4 is 33.8 Å². The molecule has 0 bridgehead atoms. The molecule has 1 saturated heterocycles. The average molecular weight is 408 g/mol. The zero-order chi connectivity index (χ0) is 18.2. The molecule has 1 aromatic carbocycles. The Hall–Kier alpha value is -1.89.